The first-order chi connectivity index (χ1) is 15.5. The molecule has 10 heteroatoms. The average molecular weight is 496 g/mol. The largest absolute Gasteiger partial charge is 1.00 e. The van der Waals surface area contributed by atoms with Gasteiger partial charge in [0.25, 0.3) is 10.1 Å². The summed E-state index contributed by atoms with van der Waals surface area (Å²) in [6, 6.07) is 13.0. The molecule has 1 aliphatic heterocycles. The summed E-state index contributed by atoms with van der Waals surface area (Å²) in [4.78, 5) is 13.5. The van der Waals surface area contributed by atoms with Crippen molar-refractivity contribution in [1.82, 2.24) is 0 Å². The Morgan fingerprint density at radius 3 is 2.35 bits per heavy atom. The Bertz CT molecular complexity index is 1220. The van der Waals surface area contributed by atoms with E-state index >= 15 is 0 Å². The van der Waals surface area contributed by atoms with E-state index in [1.807, 2.05) is 73.8 Å². The Morgan fingerprint density at radius 1 is 1.15 bits per heavy atom. The standard InChI is InChI=1S/C24H28N2O6S.Na/c1-24(2)20-16-18(23(27)28)9-12-21(20)26(14-5-15-33(30,31)32-29)22(24)13-8-17-6-10-19(11-7-17)25(3)4;/h6-13,16H,5,14-15H2,1-4H3,(H-,27,28,29);/q;+1. The van der Waals surface area contributed by atoms with Crippen molar-refractivity contribution in [3.05, 3.63) is 65.2 Å². The van der Waals surface area contributed by atoms with Crippen LogP contribution in [0, 0.1) is 0 Å². The normalized spacial score (nSPS) is 14.7. The number of allylic oxidation sites excluding steroid dienone is 1. The number of hydrogen-bond donors (Lipinski definition) is 1. The van der Waals surface area contributed by atoms with E-state index in [1.165, 1.54) is 6.07 Å². The average Bonchev–Trinajstić information content (AvgIpc) is 2.98. The van der Waals surface area contributed by atoms with Gasteiger partial charge in [-0.1, -0.05) is 12.1 Å². The van der Waals surface area contributed by atoms with Crippen LogP contribution in [0.1, 0.15) is 41.8 Å². The van der Waals surface area contributed by atoms with Gasteiger partial charge in [0, 0.05) is 43.9 Å². The van der Waals surface area contributed by atoms with Crippen LogP contribution in [0.3, 0.4) is 0 Å². The molecular formula is C24H28N2NaO6S+. The Kier molecular flexibility index (Phi) is 9.26. The molecule has 1 aliphatic rings. The summed E-state index contributed by atoms with van der Waals surface area (Å²) in [7, 11) is -0.165. The number of hydrogen-bond acceptors (Lipinski definition) is 6. The van der Waals surface area contributed by atoms with E-state index in [1.54, 1.807) is 12.1 Å². The molecule has 0 radical (unpaired) electrons. The van der Waals surface area contributed by atoms with E-state index in [2.05, 4.69) is 4.33 Å². The van der Waals surface area contributed by atoms with Crippen LogP contribution in [0.15, 0.2) is 48.5 Å². The first kappa shape index (κ1) is 28.2. The molecule has 1 N–H and O–H groups in total. The first-order valence-electron chi connectivity index (χ1n) is 10.5. The zero-order valence-electron chi connectivity index (χ0n) is 20.1. The predicted molar refractivity (Wildman–Crippen MR) is 126 cm³/mol. The third kappa shape index (κ3) is 6.16. The number of rotatable bonds is 9. The Morgan fingerprint density at radius 2 is 1.79 bits per heavy atom. The smallest absolute Gasteiger partial charge is 0.707 e. The van der Waals surface area contributed by atoms with Crippen molar-refractivity contribution < 1.29 is 62.0 Å². The van der Waals surface area contributed by atoms with Gasteiger partial charge in [-0.3, -0.25) is 0 Å². The van der Waals surface area contributed by atoms with Crippen LogP contribution in [0.4, 0.5) is 11.4 Å². The number of nitrogens with zero attached hydrogens (tertiary/aromatic N) is 2. The number of carboxylic acids is 1. The van der Waals surface area contributed by atoms with Crippen molar-refractivity contribution in [1.29, 1.82) is 0 Å². The molecule has 0 saturated heterocycles. The number of aromatic carboxylic acids is 1. The maximum atomic E-state index is 11.5. The topological polar surface area (TPSA) is 110 Å². The van der Waals surface area contributed by atoms with Gasteiger partial charge < -0.3 is 19.6 Å². The molecule has 0 amide bonds. The van der Waals surface area contributed by atoms with Gasteiger partial charge in [-0.25, -0.2) is 13.2 Å². The molecule has 0 bridgehead atoms. The molecule has 2 aromatic rings. The molecule has 34 heavy (non-hydrogen) atoms. The molecule has 3 rings (SSSR count). The van der Waals surface area contributed by atoms with Crippen LogP contribution in [0.25, 0.3) is 6.08 Å². The SMILES string of the molecule is CN(C)c1ccc(/C=C/C2=[N+](CCCS(=O)(=O)O[O-])c3ccc(C(=O)O)cc3C2(C)C)cc1.[Na+]. The maximum absolute atomic E-state index is 11.5. The van der Waals surface area contributed by atoms with Crippen LogP contribution < -0.4 is 39.7 Å². The molecule has 0 aromatic heterocycles. The number of carboxylic acid groups (broad SMARTS) is 1. The van der Waals surface area contributed by atoms with E-state index in [0.717, 1.165) is 28.2 Å². The van der Waals surface area contributed by atoms with Crippen LogP contribution in [-0.4, -0.2) is 56.2 Å². The van der Waals surface area contributed by atoms with Crippen LogP contribution >= 0.6 is 0 Å². The van der Waals surface area contributed by atoms with E-state index in [4.69, 9.17) is 0 Å². The molecule has 0 fully saturated rings. The fraction of sp³-hybridized carbons (Fsp3) is 0.333. The van der Waals surface area contributed by atoms with E-state index in [0.29, 0.717) is 6.54 Å². The maximum Gasteiger partial charge on any atom is 1.00 e. The van der Waals surface area contributed by atoms with Gasteiger partial charge >= 0.3 is 35.5 Å². The number of anilines is 1. The number of benzene rings is 2. The molecule has 2 aromatic carbocycles. The summed E-state index contributed by atoms with van der Waals surface area (Å²) in [6.07, 6.45) is 4.13. The molecular weight excluding hydrogens is 467 g/mol. The minimum Gasteiger partial charge on any atom is -0.707 e. The van der Waals surface area contributed by atoms with E-state index in [-0.39, 0.29) is 41.5 Å². The molecule has 0 aliphatic carbocycles. The monoisotopic (exact) mass is 495 g/mol. The molecule has 1 heterocycles. The Labute approximate surface area is 222 Å². The van der Waals surface area contributed by atoms with Crippen molar-refractivity contribution in [3.63, 3.8) is 0 Å². The third-order valence-corrected chi connectivity index (χ3v) is 6.86. The summed E-state index contributed by atoms with van der Waals surface area (Å²) in [5.41, 5.74) is 4.30. The van der Waals surface area contributed by atoms with Gasteiger partial charge in [-0.2, -0.15) is 4.58 Å². The number of fused-ring (bicyclic) bond motifs is 1. The summed E-state index contributed by atoms with van der Waals surface area (Å²) in [5.74, 6) is -1.41. The number of carbonyl (C=O) groups is 1. The summed E-state index contributed by atoms with van der Waals surface area (Å²) in [5, 5.41) is 19.8. The molecule has 0 saturated carbocycles. The zero-order chi connectivity index (χ0) is 24.4. The second-order valence-electron chi connectivity index (χ2n) is 8.70. The summed E-state index contributed by atoms with van der Waals surface area (Å²) < 4.78 is 28.3. The van der Waals surface area contributed by atoms with Gasteiger partial charge in [-0.15, -0.1) is 0 Å². The van der Waals surface area contributed by atoms with Crippen LogP contribution in [0.2, 0.25) is 0 Å². The van der Waals surface area contributed by atoms with Gasteiger partial charge in [-0.05, 0) is 49.8 Å². The fourth-order valence-corrected chi connectivity index (χ4v) is 4.59. The third-order valence-electron chi connectivity index (χ3n) is 5.86. The van der Waals surface area contributed by atoms with Gasteiger partial charge in [0.1, 0.15) is 6.54 Å². The van der Waals surface area contributed by atoms with Crippen molar-refractivity contribution in [2.45, 2.75) is 25.7 Å². The van der Waals surface area contributed by atoms with E-state index in [9.17, 15) is 23.6 Å². The van der Waals surface area contributed by atoms with Crippen LogP contribution in [-0.2, 0) is 19.9 Å². The zero-order valence-corrected chi connectivity index (χ0v) is 22.9. The summed E-state index contributed by atoms with van der Waals surface area (Å²) >= 11 is 0. The van der Waals surface area contributed by atoms with Crippen molar-refractivity contribution in [2.24, 2.45) is 0 Å². The van der Waals surface area contributed by atoms with Crippen molar-refractivity contribution >= 4 is 39.2 Å². The van der Waals surface area contributed by atoms with Crippen LogP contribution in [0.5, 0.6) is 0 Å². The van der Waals surface area contributed by atoms with Crippen molar-refractivity contribution in [2.75, 3.05) is 31.3 Å². The van der Waals surface area contributed by atoms with Gasteiger partial charge in [0.2, 0.25) is 5.69 Å². The summed E-state index contributed by atoms with van der Waals surface area (Å²) in [6.45, 7) is 4.33. The van der Waals surface area contributed by atoms with E-state index < -0.39 is 27.3 Å². The van der Waals surface area contributed by atoms with Crippen molar-refractivity contribution in [3.8, 4) is 0 Å². The fourth-order valence-electron chi connectivity index (χ4n) is 4.04. The molecule has 176 valence electrons. The Balaban J connectivity index is 0.00000408. The quantitative estimate of drug-likeness (QED) is 0.217. The predicted octanol–water partition coefficient (Wildman–Crippen LogP) is -0.444. The molecule has 0 unspecified atom stereocenters. The Hall–Kier alpha value is -2.01. The molecule has 8 nitrogen and oxygen atoms in total. The molecule has 0 atom stereocenters. The van der Waals surface area contributed by atoms with Gasteiger partial charge in [0.15, 0.2) is 5.71 Å². The second-order valence-corrected chi connectivity index (χ2v) is 10.4. The minimum atomic E-state index is -4.11. The van der Waals surface area contributed by atoms with Gasteiger partial charge in [0.05, 0.1) is 16.7 Å². The second kappa shape index (κ2) is 11.2. The minimum absolute atomic E-state index is 0. The first-order valence-corrected chi connectivity index (χ1v) is 12.1. The molecule has 0 spiro atoms.